The molecule has 1 N–H and O–H groups in total. The van der Waals surface area contributed by atoms with Crippen molar-refractivity contribution in [1.82, 2.24) is 19.9 Å². The van der Waals surface area contributed by atoms with Gasteiger partial charge in [-0.25, -0.2) is 9.97 Å². The number of nitrogens with zero attached hydrogens (tertiary/aromatic N) is 4. The minimum Gasteiger partial charge on any atom is -0.338 e. The Morgan fingerprint density at radius 2 is 1.83 bits per heavy atom. The number of aromatic amines is 1. The Bertz CT molecular complexity index is 1090. The van der Waals surface area contributed by atoms with Crippen molar-refractivity contribution in [3.8, 4) is 0 Å². The van der Waals surface area contributed by atoms with Gasteiger partial charge in [-0.05, 0) is 41.1 Å². The van der Waals surface area contributed by atoms with Crippen molar-refractivity contribution < 1.29 is 4.79 Å². The number of piperazine rings is 1. The lowest BCUT2D eigenvalue weighted by Gasteiger charge is -2.34. The van der Waals surface area contributed by atoms with Crippen molar-refractivity contribution in [1.29, 1.82) is 0 Å². The van der Waals surface area contributed by atoms with Crippen LogP contribution >= 0.6 is 24.0 Å². The fourth-order valence-corrected chi connectivity index (χ4v) is 3.70. The molecular formula is C21H23Cl2N5O2. The van der Waals surface area contributed by atoms with Crippen LogP contribution in [0.1, 0.15) is 28.4 Å². The first-order chi connectivity index (χ1) is 14.0. The molecule has 3 heterocycles. The van der Waals surface area contributed by atoms with Crippen molar-refractivity contribution >= 4 is 46.1 Å². The number of nitrogens with one attached hydrogen (secondary N) is 1. The lowest BCUT2D eigenvalue weighted by atomic mass is 10.1. The van der Waals surface area contributed by atoms with Crippen molar-refractivity contribution in [3.63, 3.8) is 0 Å². The summed E-state index contributed by atoms with van der Waals surface area (Å²) >= 11 is 5.44. The van der Waals surface area contributed by atoms with E-state index in [1.54, 1.807) is 0 Å². The number of halogens is 2. The number of pyridine rings is 1. The van der Waals surface area contributed by atoms with E-state index in [0.29, 0.717) is 11.5 Å². The van der Waals surface area contributed by atoms with Gasteiger partial charge in [-0.15, -0.1) is 12.4 Å². The summed E-state index contributed by atoms with van der Waals surface area (Å²) in [6.07, 6.45) is 3.65. The molecule has 0 bridgehead atoms. The minimum atomic E-state index is -0.552. The number of rotatable bonds is 5. The number of carbonyl (C=O) groups is 1. The van der Waals surface area contributed by atoms with Crippen molar-refractivity contribution in [2.75, 3.05) is 31.1 Å². The van der Waals surface area contributed by atoms with Crippen LogP contribution in [0.5, 0.6) is 0 Å². The van der Waals surface area contributed by atoms with E-state index < -0.39 is 5.24 Å². The first-order valence-corrected chi connectivity index (χ1v) is 10.1. The highest BCUT2D eigenvalue weighted by atomic mass is 35.5. The molecule has 0 amide bonds. The molecule has 7 nitrogen and oxygen atoms in total. The van der Waals surface area contributed by atoms with E-state index >= 15 is 0 Å². The van der Waals surface area contributed by atoms with Gasteiger partial charge in [-0.2, -0.15) is 0 Å². The zero-order valence-electron chi connectivity index (χ0n) is 16.6. The summed E-state index contributed by atoms with van der Waals surface area (Å²) in [5.41, 5.74) is 3.16. The Morgan fingerprint density at radius 1 is 1.13 bits per heavy atom. The van der Waals surface area contributed by atoms with Gasteiger partial charge in [0.15, 0.2) is 0 Å². The summed E-state index contributed by atoms with van der Waals surface area (Å²) in [7, 11) is 0. The summed E-state index contributed by atoms with van der Waals surface area (Å²) in [4.78, 5) is 39.2. The molecule has 0 atom stereocenters. The summed E-state index contributed by atoms with van der Waals surface area (Å²) in [6.45, 7) is 6.17. The van der Waals surface area contributed by atoms with Crippen LogP contribution in [0.25, 0.3) is 10.9 Å². The van der Waals surface area contributed by atoms with Crippen LogP contribution in [0.15, 0.2) is 41.5 Å². The lowest BCUT2D eigenvalue weighted by Crippen LogP contribution is -2.46. The van der Waals surface area contributed by atoms with Crippen LogP contribution in [0.2, 0.25) is 0 Å². The third kappa shape index (κ3) is 4.80. The Kier molecular flexibility index (Phi) is 7.07. The number of anilines is 1. The number of aryl methyl sites for hydroxylation is 1. The van der Waals surface area contributed by atoms with Gasteiger partial charge in [-0.3, -0.25) is 14.5 Å². The summed E-state index contributed by atoms with van der Waals surface area (Å²) in [5.74, 6) is 0.612. The molecule has 4 rings (SSSR count). The minimum absolute atomic E-state index is 0. The maximum absolute atomic E-state index is 12.1. The second-order valence-electron chi connectivity index (χ2n) is 7.21. The Morgan fingerprint density at radius 3 is 2.47 bits per heavy atom. The monoisotopic (exact) mass is 447 g/mol. The van der Waals surface area contributed by atoms with E-state index in [4.69, 9.17) is 11.6 Å². The molecule has 0 saturated carbocycles. The third-order valence-corrected chi connectivity index (χ3v) is 5.51. The zero-order chi connectivity index (χ0) is 20.4. The summed E-state index contributed by atoms with van der Waals surface area (Å²) in [5, 5.41) is 0.509. The van der Waals surface area contributed by atoms with Crippen molar-refractivity contribution in [2.45, 2.75) is 19.9 Å². The molecule has 9 heteroatoms. The number of benzene rings is 1. The molecule has 1 fully saturated rings. The van der Waals surface area contributed by atoms with Crippen LogP contribution in [-0.4, -0.2) is 51.3 Å². The zero-order valence-corrected chi connectivity index (χ0v) is 18.2. The van der Waals surface area contributed by atoms with Crippen LogP contribution in [0.4, 0.5) is 5.95 Å². The standard InChI is InChI=1S/C21H22ClN5O2.ClH/c1-2-15-10-16-4-3-14(9-18(16)25-20(15)29)13-26-5-7-27(8-6-26)21-23-11-17(12-24-21)19(22)28;/h3-4,9-12H,2,5-8,13H2,1H3,(H,25,29);1H. The fourth-order valence-electron chi connectivity index (χ4n) is 3.60. The molecule has 1 aromatic carbocycles. The average molecular weight is 448 g/mol. The number of hydrogen-bond acceptors (Lipinski definition) is 6. The van der Waals surface area contributed by atoms with Gasteiger partial charge in [0.2, 0.25) is 5.95 Å². The maximum atomic E-state index is 12.1. The van der Waals surface area contributed by atoms with Gasteiger partial charge in [0.25, 0.3) is 10.8 Å². The van der Waals surface area contributed by atoms with E-state index in [1.807, 2.05) is 13.0 Å². The van der Waals surface area contributed by atoms with Crippen LogP contribution in [0, 0.1) is 0 Å². The molecule has 0 unspecified atom stereocenters. The van der Waals surface area contributed by atoms with Gasteiger partial charge in [-0.1, -0.05) is 19.1 Å². The molecule has 1 aliphatic heterocycles. The molecule has 1 aliphatic rings. The number of aromatic nitrogens is 3. The molecular weight excluding hydrogens is 425 g/mol. The van der Waals surface area contributed by atoms with E-state index in [1.165, 1.54) is 18.0 Å². The Hall–Kier alpha value is -2.48. The molecule has 0 radical (unpaired) electrons. The molecule has 2 aromatic heterocycles. The Labute approximate surface area is 185 Å². The van der Waals surface area contributed by atoms with Crippen molar-refractivity contribution in [3.05, 3.63) is 63.7 Å². The number of carbonyl (C=O) groups excluding carboxylic acids is 1. The molecule has 30 heavy (non-hydrogen) atoms. The Balaban J connectivity index is 0.00000256. The van der Waals surface area contributed by atoms with Gasteiger partial charge < -0.3 is 9.88 Å². The number of hydrogen-bond donors (Lipinski definition) is 1. The van der Waals surface area contributed by atoms with E-state index in [9.17, 15) is 9.59 Å². The topological polar surface area (TPSA) is 82.2 Å². The number of H-pyrrole nitrogens is 1. The van der Waals surface area contributed by atoms with Gasteiger partial charge in [0, 0.05) is 56.2 Å². The largest absolute Gasteiger partial charge is 0.338 e. The molecule has 0 aliphatic carbocycles. The SMILES string of the molecule is CCc1cc2ccc(CN3CCN(c4ncc(C(=O)Cl)cn4)CC3)cc2[nH]c1=O.Cl. The normalized spacial score (nSPS) is 14.5. The molecule has 0 spiro atoms. The van der Waals surface area contributed by atoms with E-state index in [-0.39, 0.29) is 18.0 Å². The molecule has 3 aromatic rings. The number of fused-ring (bicyclic) bond motifs is 1. The van der Waals surface area contributed by atoms with Crippen LogP contribution < -0.4 is 10.5 Å². The van der Waals surface area contributed by atoms with Gasteiger partial charge >= 0.3 is 0 Å². The maximum Gasteiger partial charge on any atom is 0.255 e. The first kappa shape index (κ1) is 22.2. The van der Waals surface area contributed by atoms with Gasteiger partial charge in [0.05, 0.1) is 5.56 Å². The van der Waals surface area contributed by atoms with Crippen LogP contribution in [0.3, 0.4) is 0 Å². The summed E-state index contributed by atoms with van der Waals surface area (Å²) < 4.78 is 0. The van der Waals surface area contributed by atoms with E-state index in [0.717, 1.165) is 55.6 Å². The smallest absolute Gasteiger partial charge is 0.255 e. The summed E-state index contributed by atoms with van der Waals surface area (Å²) in [6, 6.07) is 8.23. The second-order valence-corrected chi connectivity index (χ2v) is 7.55. The highest BCUT2D eigenvalue weighted by Crippen LogP contribution is 2.17. The van der Waals surface area contributed by atoms with Crippen molar-refractivity contribution in [2.24, 2.45) is 0 Å². The predicted octanol–water partition coefficient (Wildman–Crippen LogP) is 3.00. The molecule has 158 valence electrons. The van der Waals surface area contributed by atoms with E-state index in [2.05, 4.69) is 43.0 Å². The highest BCUT2D eigenvalue weighted by molar-refractivity contribution is 6.67. The lowest BCUT2D eigenvalue weighted by molar-refractivity contribution is 0.108. The third-order valence-electron chi connectivity index (χ3n) is 5.29. The fraction of sp³-hybridized carbons (Fsp3) is 0.333. The first-order valence-electron chi connectivity index (χ1n) is 9.67. The molecule has 1 saturated heterocycles. The highest BCUT2D eigenvalue weighted by Gasteiger charge is 2.19. The van der Waals surface area contributed by atoms with Crippen LogP contribution in [-0.2, 0) is 13.0 Å². The quantitative estimate of drug-likeness (QED) is 0.605. The van der Waals surface area contributed by atoms with Gasteiger partial charge in [0.1, 0.15) is 0 Å². The predicted molar refractivity (Wildman–Crippen MR) is 121 cm³/mol. The average Bonchev–Trinajstić information content (AvgIpc) is 2.74. The second kappa shape index (κ2) is 9.55.